The maximum Gasteiger partial charge on any atom is 0.516 e. The van der Waals surface area contributed by atoms with Crippen LogP contribution in [-0.4, -0.2) is 89.5 Å². The maximum absolute atomic E-state index is 14.2. The van der Waals surface area contributed by atoms with E-state index in [2.05, 4.69) is 10.6 Å². The molecule has 1 aliphatic carbocycles. The Labute approximate surface area is 293 Å². The molecule has 1 aromatic carbocycles. The first-order valence-electron chi connectivity index (χ1n) is 16.7. The van der Waals surface area contributed by atoms with Gasteiger partial charge in [0.2, 0.25) is 11.8 Å². The fraction of sp³-hybridized carbons (Fsp3) is 0.606. The van der Waals surface area contributed by atoms with Crippen LogP contribution in [0.2, 0.25) is 0 Å². The Morgan fingerprint density at radius 3 is 2.31 bits per heavy atom. The van der Waals surface area contributed by atoms with Crippen molar-refractivity contribution < 1.29 is 55.0 Å². The van der Waals surface area contributed by atoms with Crippen LogP contribution >= 0.6 is 0 Å². The molecule has 3 aliphatic heterocycles. The molecule has 0 aromatic heterocycles. The first-order valence-corrected chi connectivity index (χ1v) is 18.2. The first kappa shape index (κ1) is 37.9. The number of halogens is 3. The third-order valence-corrected chi connectivity index (χ3v) is 10.3. The molecule has 5 atom stereocenters. The van der Waals surface area contributed by atoms with Gasteiger partial charge < -0.3 is 25.0 Å². The van der Waals surface area contributed by atoms with Gasteiger partial charge in [-0.1, -0.05) is 49.3 Å². The van der Waals surface area contributed by atoms with Crippen LogP contribution in [0.1, 0.15) is 76.8 Å². The number of hydrogen-bond acceptors (Lipinski definition) is 9. The number of carbonyl (C=O) groups is 5. The number of ether oxygens (including phenoxy) is 2. The summed E-state index contributed by atoms with van der Waals surface area (Å²) in [5.74, 6) is -4.10. The lowest BCUT2D eigenvalue weighted by atomic mass is 10.0. The minimum Gasteiger partial charge on any atom is -0.444 e. The zero-order chi connectivity index (χ0) is 37.4. The van der Waals surface area contributed by atoms with Gasteiger partial charge in [-0.25, -0.2) is 14.3 Å². The van der Waals surface area contributed by atoms with Gasteiger partial charge in [0, 0.05) is 25.4 Å². The Balaban J connectivity index is 1.42. The van der Waals surface area contributed by atoms with Gasteiger partial charge in [0.05, 0.1) is 6.54 Å². The van der Waals surface area contributed by atoms with Crippen molar-refractivity contribution in [3.8, 4) is 0 Å². The highest BCUT2D eigenvalue weighted by molar-refractivity contribution is 7.90. The second-order valence-electron chi connectivity index (χ2n) is 14.3. The normalized spacial score (nSPS) is 27.2. The maximum atomic E-state index is 14.2. The molecule has 0 bridgehead atoms. The summed E-state index contributed by atoms with van der Waals surface area (Å²) >= 11 is 0. The number of rotatable bonds is 4. The number of allylic oxidation sites excluding steroid dienone is 1. The number of sulfonamides is 1. The lowest BCUT2D eigenvalue weighted by Gasteiger charge is -2.30. The molecule has 18 heteroatoms. The fourth-order valence-electron chi connectivity index (χ4n) is 6.57. The number of amides is 5. The smallest absolute Gasteiger partial charge is 0.444 e. The number of alkyl halides is 3. The molecule has 1 saturated carbocycles. The summed E-state index contributed by atoms with van der Waals surface area (Å²) in [5.41, 5.74) is -6.88. The van der Waals surface area contributed by atoms with Crippen LogP contribution in [0.4, 0.5) is 22.8 Å². The van der Waals surface area contributed by atoms with Crippen LogP contribution < -0.4 is 15.4 Å². The number of hydrogen-bond donors (Lipinski definition) is 3. The van der Waals surface area contributed by atoms with Crippen molar-refractivity contribution in [2.75, 3.05) is 6.54 Å². The fourth-order valence-corrected chi connectivity index (χ4v) is 7.11. The summed E-state index contributed by atoms with van der Waals surface area (Å²) in [6.07, 6.45) is 2.58. The number of nitrogens with zero attached hydrogens (tertiary/aromatic N) is 2. The number of benzene rings is 1. The van der Waals surface area contributed by atoms with Gasteiger partial charge in [-0.2, -0.15) is 21.6 Å². The average Bonchev–Trinajstić information content (AvgIpc) is 3.33. The summed E-state index contributed by atoms with van der Waals surface area (Å²) in [4.78, 5) is 70.0. The van der Waals surface area contributed by atoms with Gasteiger partial charge in [-0.3, -0.25) is 19.3 Å². The third kappa shape index (κ3) is 8.76. The Bertz CT molecular complexity index is 1670. The molecule has 3 N–H and O–H groups in total. The zero-order valence-corrected chi connectivity index (χ0v) is 29.3. The molecular formula is C33H42F3N5O9S. The predicted octanol–water partition coefficient (Wildman–Crippen LogP) is 3.36. The molecule has 2 fully saturated rings. The van der Waals surface area contributed by atoms with Gasteiger partial charge in [0.25, 0.3) is 5.91 Å². The molecule has 51 heavy (non-hydrogen) atoms. The number of fused-ring (bicyclic) bond motifs is 3. The van der Waals surface area contributed by atoms with Gasteiger partial charge in [-0.05, 0) is 57.6 Å². The van der Waals surface area contributed by atoms with E-state index in [-0.39, 0.29) is 38.9 Å². The van der Waals surface area contributed by atoms with Crippen LogP contribution in [0.25, 0.3) is 0 Å². The highest BCUT2D eigenvalue weighted by Crippen LogP contribution is 2.46. The zero-order valence-electron chi connectivity index (χ0n) is 28.5. The molecule has 0 radical (unpaired) electrons. The largest absolute Gasteiger partial charge is 0.516 e. The average molecular weight is 742 g/mol. The van der Waals surface area contributed by atoms with E-state index in [4.69, 9.17) is 9.47 Å². The first-order chi connectivity index (χ1) is 23.8. The minimum atomic E-state index is -6.10. The Morgan fingerprint density at radius 1 is 1.02 bits per heavy atom. The lowest BCUT2D eigenvalue weighted by molar-refractivity contribution is -0.141. The van der Waals surface area contributed by atoms with E-state index < -0.39 is 80.7 Å². The Kier molecular flexibility index (Phi) is 10.7. The van der Waals surface area contributed by atoms with Crippen LogP contribution in [-0.2, 0) is 47.0 Å². The number of nitrogens with one attached hydrogen (secondary N) is 3. The molecule has 0 spiro atoms. The van der Waals surface area contributed by atoms with E-state index in [1.54, 1.807) is 32.9 Å². The van der Waals surface area contributed by atoms with Crippen molar-refractivity contribution >= 4 is 39.9 Å². The molecule has 0 unspecified atom stereocenters. The standard InChI is InChI=1S/C33H42F3N5O9S/c1-31(2,3)50-29(45)37-24-14-8-6-4-5-7-13-22-16-32(22,28(44)39-51(47,48)33(34,35)36)38-26(42)25-15-23(19-41(25)27(24)43)49-30(46)40-17-20-11-9-10-12-21(20)18-40/h7,9-13,22-25H,4-6,8,14-19H2,1-3H3,(H,37,45)(H,38,42)(H,39,44)/t22-,23-,24+,25+,32-/m1/s1. The minimum absolute atomic E-state index is 0.174. The van der Waals surface area contributed by atoms with Crippen LogP contribution in [0.5, 0.6) is 0 Å². The SMILES string of the molecule is CC(C)(C)OC(=O)N[C@H]1CCCCCC=C[C@@H]2C[C@@]2(C(=O)NS(=O)(=O)C(F)(F)F)NC(=O)[C@@H]2C[C@@H](OC(=O)N3Cc4ccccc4C3)CN2C1=O. The van der Waals surface area contributed by atoms with Gasteiger partial charge >= 0.3 is 27.7 Å². The number of carbonyl (C=O) groups excluding carboxylic acids is 5. The molecule has 280 valence electrons. The monoisotopic (exact) mass is 741 g/mol. The lowest BCUT2D eigenvalue weighted by Crippen LogP contribution is -2.59. The third-order valence-electron chi connectivity index (χ3n) is 9.23. The second-order valence-corrected chi connectivity index (χ2v) is 16.0. The van der Waals surface area contributed by atoms with E-state index >= 15 is 0 Å². The van der Waals surface area contributed by atoms with E-state index in [1.165, 1.54) is 4.90 Å². The van der Waals surface area contributed by atoms with Gasteiger partial charge in [0.1, 0.15) is 29.3 Å². The van der Waals surface area contributed by atoms with Crippen molar-refractivity contribution in [2.24, 2.45) is 5.92 Å². The van der Waals surface area contributed by atoms with Crippen molar-refractivity contribution in [1.82, 2.24) is 25.2 Å². The highest BCUT2D eigenvalue weighted by atomic mass is 32.2. The summed E-state index contributed by atoms with van der Waals surface area (Å²) in [6.45, 7) is 5.23. The topological polar surface area (TPSA) is 181 Å². The molecule has 5 amide bonds. The molecule has 1 aromatic rings. The van der Waals surface area contributed by atoms with Crippen molar-refractivity contribution in [2.45, 2.75) is 114 Å². The Hall–Kier alpha value is -4.35. The summed E-state index contributed by atoms with van der Waals surface area (Å²) in [6, 6.07) is 4.86. The van der Waals surface area contributed by atoms with Crippen molar-refractivity contribution in [1.29, 1.82) is 0 Å². The van der Waals surface area contributed by atoms with E-state index in [1.807, 2.05) is 24.3 Å². The molecule has 3 heterocycles. The van der Waals surface area contributed by atoms with Crippen LogP contribution in [0.3, 0.4) is 0 Å². The highest BCUT2D eigenvalue weighted by Gasteiger charge is 2.63. The van der Waals surface area contributed by atoms with Gasteiger partial charge in [0.15, 0.2) is 0 Å². The van der Waals surface area contributed by atoms with E-state index in [0.29, 0.717) is 25.7 Å². The van der Waals surface area contributed by atoms with Crippen molar-refractivity contribution in [3.63, 3.8) is 0 Å². The second kappa shape index (κ2) is 14.3. The Morgan fingerprint density at radius 2 is 1.69 bits per heavy atom. The van der Waals surface area contributed by atoms with Crippen LogP contribution in [0.15, 0.2) is 36.4 Å². The summed E-state index contributed by atoms with van der Waals surface area (Å²) < 4.78 is 75.5. The van der Waals surface area contributed by atoms with Gasteiger partial charge in [-0.15, -0.1) is 0 Å². The van der Waals surface area contributed by atoms with E-state index in [0.717, 1.165) is 20.7 Å². The van der Waals surface area contributed by atoms with Crippen LogP contribution in [0, 0.1) is 5.92 Å². The summed E-state index contributed by atoms with van der Waals surface area (Å²) in [7, 11) is -6.10. The molecule has 5 rings (SSSR count). The molecule has 1 saturated heterocycles. The van der Waals surface area contributed by atoms with E-state index in [9.17, 15) is 45.6 Å². The van der Waals surface area contributed by atoms with Crippen molar-refractivity contribution in [3.05, 3.63) is 47.5 Å². The molecule has 4 aliphatic rings. The number of alkyl carbamates (subject to hydrolysis) is 1. The molecular weight excluding hydrogens is 699 g/mol. The molecule has 14 nitrogen and oxygen atoms in total. The quantitative estimate of drug-likeness (QED) is 0.390. The summed E-state index contributed by atoms with van der Waals surface area (Å²) in [5, 5.41) is 5.03. The predicted molar refractivity (Wildman–Crippen MR) is 174 cm³/mol.